The summed E-state index contributed by atoms with van der Waals surface area (Å²) in [5, 5.41) is 10.1. The molecule has 0 saturated heterocycles. The van der Waals surface area contributed by atoms with Gasteiger partial charge in [0.2, 0.25) is 0 Å². The summed E-state index contributed by atoms with van der Waals surface area (Å²) in [5.41, 5.74) is 3.05. The van der Waals surface area contributed by atoms with Crippen LogP contribution in [0, 0.1) is 0 Å². The molecule has 0 saturated carbocycles. The zero-order chi connectivity index (χ0) is 15.5. The largest absolute Gasteiger partial charge is 0.376 e. The van der Waals surface area contributed by atoms with Crippen LogP contribution in [0.25, 0.3) is 10.9 Å². The average Bonchev–Trinajstić information content (AvgIpc) is 2.55. The quantitative estimate of drug-likeness (QED) is 0.527. The van der Waals surface area contributed by atoms with Crippen molar-refractivity contribution in [3.8, 4) is 0 Å². The second-order valence-corrected chi connectivity index (χ2v) is 5.39. The Morgan fingerprint density at radius 2 is 1.55 bits per heavy atom. The molecule has 0 fully saturated rings. The molecule has 22 heavy (non-hydrogen) atoms. The molecule has 110 valence electrons. The van der Waals surface area contributed by atoms with E-state index in [1.807, 2.05) is 68.5 Å². The minimum Gasteiger partial charge on any atom is -0.376 e. The standard InChI is InChI=1S/C18H19N4/c1-21(2)17-11-7-5-9-15(17)19-20-18-13-12-14-8-4-6-10-16(14)22(18)3/h4-13H,1-3H3/q+1. The predicted octanol–water partition coefficient (Wildman–Crippen LogP) is 4.15. The number of fused-ring (bicyclic) bond motifs is 1. The van der Waals surface area contributed by atoms with Crippen molar-refractivity contribution in [3.63, 3.8) is 0 Å². The zero-order valence-electron chi connectivity index (χ0n) is 13.1. The third kappa shape index (κ3) is 2.68. The predicted molar refractivity (Wildman–Crippen MR) is 90.1 cm³/mol. The Morgan fingerprint density at radius 1 is 0.818 bits per heavy atom. The molecule has 0 amide bonds. The van der Waals surface area contributed by atoms with Gasteiger partial charge in [-0.2, -0.15) is 0 Å². The molecule has 3 aromatic rings. The van der Waals surface area contributed by atoms with Gasteiger partial charge in [-0.05, 0) is 29.4 Å². The molecule has 3 rings (SSSR count). The Hall–Kier alpha value is -2.75. The Labute approximate surface area is 130 Å². The molecule has 0 bridgehead atoms. The van der Waals surface area contributed by atoms with Crippen LogP contribution < -0.4 is 9.47 Å². The van der Waals surface area contributed by atoms with E-state index in [-0.39, 0.29) is 0 Å². The monoisotopic (exact) mass is 291 g/mol. The number of aromatic nitrogens is 1. The lowest BCUT2D eigenvalue weighted by atomic mass is 10.2. The first-order valence-electron chi connectivity index (χ1n) is 7.23. The van der Waals surface area contributed by atoms with Crippen molar-refractivity contribution in [1.29, 1.82) is 0 Å². The van der Waals surface area contributed by atoms with E-state index in [1.165, 1.54) is 5.39 Å². The summed E-state index contributed by atoms with van der Waals surface area (Å²) in [6, 6.07) is 20.3. The van der Waals surface area contributed by atoms with Crippen LogP contribution in [0.4, 0.5) is 17.2 Å². The van der Waals surface area contributed by atoms with Crippen molar-refractivity contribution in [2.75, 3.05) is 19.0 Å². The van der Waals surface area contributed by atoms with Crippen molar-refractivity contribution < 1.29 is 4.57 Å². The normalized spacial score (nSPS) is 11.2. The number of azo groups is 1. The van der Waals surface area contributed by atoms with Gasteiger partial charge in [0, 0.05) is 25.5 Å². The molecule has 0 aliphatic heterocycles. The number of para-hydroxylation sites is 2. The summed E-state index contributed by atoms with van der Waals surface area (Å²) in [4.78, 5) is 2.04. The summed E-state index contributed by atoms with van der Waals surface area (Å²) in [6.45, 7) is 0. The molecule has 0 unspecified atom stereocenters. The molecular weight excluding hydrogens is 272 g/mol. The maximum absolute atomic E-state index is 4.43. The van der Waals surface area contributed by atoms with Gasteiger partial charge in [0.1, 0.15) is 11.2 Å². The zero-order valence-corrected chi connectivity index (χ0v) is 13.1. The highest BCUT2D eigenvalue weighted by atomic mass is 15.2. The number of hydrogen-bond acceptors (Lipinski definition) is 3. The number of anilines is 1. The number of hydrogen-bond donors (Lipinski definition) is 0. The van der Waals surface area contributed by atoms with Crippen LogP contribution in [0.5, 0.6) is 0 Å². The summed E-state index contributed by atoms with van der Waals surface area (Å²) >= 11 is 0. The van der Waals surface area contributed by atoms with Gasteiger partial charge >= 0.3 is 5.82 Å². The van der Waals surface area contributed by atoms with Crippen LogP contribution in [0.15, 0.2) is 70.9 Å². The number of aryl methyl sites for hydroxylation is 1. The lowest BCUT2D eigenvalue weighted by Gasteiger charge is -2.12. The smallest absolute Gasteiger partial charge is 0.350 e. The number of nitrogens with zero attached hydrogens (tertiary/aromatic N) is 4. The topological polar surface area (TPSA) is 31.8 Å². The van der Waals surface area contributed by atoms with E-state index in [9.17, 15) is 0 Å². The first-order chi connectivity index (χ1) is 10.7. The van der Waals surface area contributed by atoms with Crippen molar-refractivity contribution in [2.24, 2.45) is 17.3 Å². The number of rotatable bonds is 3. The fourth-order valence-corrected chi connectivity index (χ4v) is 2.47. The lowest BCUT2D eigenvalue weighted by molar-refractivity contribution is -0.631. The Balaban J connectivity index is 2.02. The Kier molecular flexibility index (Phi) is 3.83. The second kappa shape index (κ2) is 5.93. The van der Waals surface area contributed by atoms with Crippen molar-refractivity contribution in [3.05, 3.63) is 60.7 Å². The highest BCUT2D eigenvalue weighted by molar-refractivity contribution is 5.76. The van der Waals surface area contributed by atoms with Gasteiger partial charge in [-0.1, -0.05) is 30.3 Å². The van der Waals surface area contributed by atoms with Crippen molar-refractivity contribution >= 4 is 28.1 Å². The van der Waals surface area contributed by atoms with Crippen LogP contribution in [0.3, 0.4) is 0 Å². The molecule has 2 aromatic carbocycles. The SMILES string of the molecule is CN(C)c1ccccc1N=Nc1ccc2ccccc2[n+]1C. The van der Waals surface area contributed by atoms with Gasteiger partial charge in [0.05, 0.1) is 17.8 Å². The van der Waals surface area contributed by atoms with Crippen LogP contribution in [0.2, 0.25) is 0 Å². The molecule has 1 heterocycles. The summed E-state index contributed by atoms with van der Waals surface area (Å²) in [7, 11) is 6.02. The van der Waals surface area contributed by atoms with Crippen molar-refractivity contribution in [2.45, 2.75) is 0 Å². The number of benzene rings is 2. The summed E-state index contributed by atoms with van der Waals surface area (Å²) in [5.74, 6) is 0.826. The molecule has 4 heteroatoms. The molecule has 1 aromatic heterocycles. The minimum absolute atomic E-state index is 0.826. The minimum atomic E-state index is 0.826. The average molecular weight is 291 g/mol. The van der Waals surface area contributed by atoms with Crippen molar-refractivity contribution in [1.82, 2.24) is 0 Å². The molecule has 0 radical (unpaired) electrons. The van der Waals surface area contributed by atoms with E-state index < -0.39 is 0 Å². The van der Waals surface area contributed by atoms with E-state index in [4.69, 9.17) is 0 Å². The molecule has 0 N–H and O–H groups in total. The molecule has 0 atom stereocenters. The summed E-state index contributed by atoms with van der Waals surface area (Å²) in [6.07, 6.45) is 0. The highest BCUT2D eigenvalue weighted by Crippen LogP contribution is 2.28. The van der Waals surface area contributed by atoms with Gasteiger partial charge in [-0.25, -0.2) is 4.57 Å². The van der Waals surface area contributed by atoms with E-state index in [0.29, 0.717) is 0 Å². The first kappa shape index (κ1) is 14.2. The molecule has 4 nitrogen and oxygen atoms in total. The fourth-order valence-electron chi connectivity index (χ4n) is 2.47. The van der Waals surface area contributed by atoms with Crippen LogP contribution in [-0.2, 0) is 7.05 Å². The van der Waals surface area contributed by atoms with Gasteiger partial charge in [-0.3, -0.25) is 0 Å². The molecular formula is C18H19N4+. The van der Waals surface area contributed by atoms with Gasteiger partial charge in [-0.15, -0.1) is 0 Å². The number of pyridine rings is 1. The van der Waals surface area contributed by atoms with Gasteiger partial charge < -0.3 is 4.90 Å². The molecule has 0 aliphatic carbocycles. The van der Waals surface area contributed by atoms with Gasteiger partial charge in [0.15, 0.2) is 0 Å². The maximum atomic E-state index is 4.43. The Morgan fingerprint density at radius 3 is 2.36 bits per heavy atom. The third-order valence-electron chi connectivity index (χ3n) is 3.68. The third-order valence-corrected chi connectivity index (χ3v) is 3.68. The maximum Gasteiger partial charge on any atom is 0.350 e. The van der Waals surface area contributed by atoms with E-state index in [0.717, 1.165) is 22.7 Å². The second-order valence-electron chi connectivity index (χ2n) is 5.39. The first-order valence-corrected chi connectivity index (χ1v) is 7.23. The lowest BCUT2D eigenvalue weighted by Crippen LogP contribution is -2.28. The fraction of sp³-hybridized carbons (Fsp3) is 0.167. The molecule has 0 aliphatic rings. The van der Waals surface area contributed by atoms with Crippen LogP contribution in [-0.4, -0.2) is 14.1 Å². The van der Waals surface area contributed by atoms with E-state index in [1.54, 1.807) is 0 Å². The molecule has 0 spiro atoms. The van der Waals surface area contributed by atoms with E-state index in [2.05, 4.69) is 33.0 Å². The summed E-state index contributed by atoms with van der Waals surface area (Å²) < 4.78 is 2.05. The highest BCUT2D eigenvalue weighted by Gasteiger charge is 2.11. The Bertz CT molecular complexity index is 837. The van der Waals surface area contributed by atoms with Crippen LogP contribution >= 0.6 is 0 Å². The van der Waals surface area contributed by atoms with Crippen LogP contribution in [0.1, 0.15) is 0 Å². The van der Waals surface area contributed by atoms with E-state index >= 15 is 0 Å². The van der Waals surface area contributed by atoms with Gasteiger partial charge in [0.25, 0.3) is 0 Å².